The predicted octanol–water partition coefficient (Wildman–Crippen LogP) is 2.60. The third-order valence-corrected chi connectivity index (χ3v) is 3.04. The molecule has 0 aliphatic carbocycles. The third kappa shape index (κ3) is 1.97. The molecule has 1 aliphatic rings. The zero-order chi connectivity index (χ0) is 12.5. The Hall–Kier alpha value is -1.88. The first-order chi connectivity index (χ1) is 8.74. The summed E-state index contributed by atoms with van der Waals surface area (Å²) in [6, 6.07) is 5.34. The smallest absolute Gasteiger partial charge is 0.261 e. The number of phenols is 1. The molecule has 0 spiro atoms. The molecule has 1 N–H and O–H groups in total. The summed E-state index contributed by atoms with van der Waals surface area (Å²) >= 11 is 0. The maximum atomic E-state index is 9.86. The van der Waals surface area contributed by atoms with Crippen molar-refractivity contribution in [1.29, 1.82) is 0 Å². The molecule has 2 heterocycles. The fraction of sp³-hybridized carbons (Fsp3) is 0.385. The van der Waals surface area contributed by atoms with Crippen LogP contribution in [0.2, 0.25) is 0 Å². The molecule has 0 saturated carbocycles. The standard InChI is InChI=1S/C13H14N2O3/c1-8-4-5-9(10(16)7-8)13-14-12(15-18-13)11-3-2-6-17-11/h4-5,7,11,16H,2-3,6H2,1H3. The van der Waals surface area contributed by atoms with Crippen LogP contribution in [0.3, 0.4) is 0 Å². The van der Waals surface area contributed by atoms with E-state index in [0.717, 1.165) is 25.0 Å². The normalized spacial score (nSPS) is 19.3. The van der Waals surface area contributed by atoms with Gasteiger partial charge in [0.2, 0.25) is 5.82 Å². The van der Waals surface area contributed by atoms with Gasteiger partial charge >= 0.3 is 0 Å². The van der Waals surface area contributed by atoms with E-state index in [9.17, 15) is 5.11 Å². The van der Waals surface area contributed by atoms with Gasteiger partial charge in [-0.25, -0.2) is 0 Å². The zero-order valence-corrected chi connectivity index (χ0v) is 10.1. The molecule has 1 aromatic heterocycles. The molecule has 5 heteroatoms. The monoisotopic (exact) mass is 246 g/mol. The van der Waals surface area contributed by atoms with Gasteiger partial charge in [0.25, 0.3) is 5.89 Å². The van der Waals surface area contributed by atoms with E-state index in [1.807, 2.05) is 13.0 Å². The van der Waals surface area contributed by atoms with Crippen LogP contribution in [0.4, 0.5) is 0 Å². The summed E-state index contributed by atoms with van der Waals surface area (Å²) in [4.78, 5) is 4.29. The Labute approximate surface area is 104 Å². The van der Waals surface area contributed by atoms with Crippen molar-refractivity contribution in [2.24, 2.45) is 0 Å². The van der Waals surface area contributed by atoms with Crippen LogP contribution in [0, 0.1) is 6.92 Å². The highest BCUT2D eigenvalue weighted by Crippen LogP contribution is 2.31. The van der Waals surface area contributed by atoms with Crippen molar-refractivity contribution in [3.63, 3.8) is 0 Å². The van der Waals surface area contributed by atoms with Crippen molar-refractivity contribution in [3.05, 3.63) is 29.6 Å². The molecular formula is C13H14N2O3. The van der Waals surface area contributed by atoms with E-state index in [1.54, 1.807) is 12.1 Å². The lowest BCUT2D eigenvalue weighted by Crippen LogP contribution is -1.97. The van der Waals surface area contributed by atoms with Gasteiger partial charge in [-0.15, -0.1) is 0 Å². The topological polar surface area (TPSA) is 68.4 Å². The molecule has 3 rings (SSSR count). The van der Waals surface area contributed by atoms with Gasteiger partial charge in [-0.05, 0) is 37.5 Å². The van der Waals surface area contributed by atoms with Crippen molar-refractivity contribution in [3.8, 4) is 17.2 Å². The molecule has 0 bridgehead atoms. The van der Waals surface area contributed by atoms with Gasteiger partial charge in [0.1, 0.15) is 11.9 Å². The van der Waals surface area contributed by atoms with Crippen LogP contribution in [0.5, 0.6) is 5.75 Å². The van der Waals surface area contributed by atoms with Crippen LogP contribution in [0.1, 0.15) is 30.3 Å². The number of benzene rings is 1. The summed E-state index contributed by atoms with van der Waals surface area (Å²) in [5, 5.41) is 13.8. The van der Waals surface area contributed by atoms with Gasteiger partial charge in [-0.2, -0.15) is 4.98 Å². The second-order valence-corrected chi connectivity index (χ2v) is 4.48. The number of nitrogens with zero attached hydrogens (tertiary/aromatic N) is 2. The molecule has 94 valence electrons. The highest BCUT2D eigenvalue weighted by atomic mass is 16.5. The van der Waals surface area contributed by atoms with Crippen molar-refractivity contribution in [2.45, 2.75) is 25.9 Å². The summed E-state index contributed by atoms with van der Waals surface area (Å²) in [7, 11) is 0. The van der Waals surface area contributed by atoms with Crippen LogP contribution < -0.4 is 0 Å². The number of rotatable bonds is 2. The SMILES string of the molecule is Cc1ccc(-c2nc(C3CCCO3)no2)c(O)c1. The average molecular weight is 246 g/mol. The lowest BCUT2D eigenvalue weighted by molar-refractivity contribution is 0.103. The number of hydrogen-bond acceptors (Lipinski definition) is 5. The van der Waals surface area contributed by atoms with E-state index < -0.39 is 0 Å². The van der Waals surface area contributed by atoms with Gasteiger partial charge in [0.15, 0.2) is 0 Å². The van der Waals surface area contributed by atoms with E-state index >= 15 is 0 Å². The maximum absolute atomic E-state index is 9.86. The summed E-state index contributed by atoms with van der Waals surface area (Å²) in [6.07, 6.45) is 1.86. The largest absolute Gasteiger partial charge is 0.507 e. The molecule has 1 fully saturated rings. The third-order valence-electron chi connectivity index (χ3n) is 3.04. The molecular weight excluding hydrogens is 232 g/mol. The van der Waals surface area contributed by atoms with Crippen LogP contribution >= 0.6 is 0 Å². The molecule has 0 amide bonds. The molecule has 2 aromatic rings. The Balaban J connectivity index is 1.92. The van der Waals surface area contributed by atoms with Crippen molar-refractivity contribution >= 4 is 0 Å². The van der Waals surface area contributed by atoms with E-state index in [2.05, 4.69) is 10.1 Å². The molecule has 1 aromatic carbocycles. The first kappa shape index (κ1) is 11.2. The molecule has 5 nitrogen and oxygen atoms in total. The van der Waals surface area contributed by atoms with E-state index in [0.29, 0.717) is 17.3 Å². The van der Waals surface area contributed by atoms with Crippen molar-refractivity contribution in [2.75, 3.05) is 6.61 Å². The van der Waals surface area contributed by atoms with Crippen LogP contribution in [-0.4, -0.2) is 21.9 Å². The molecule has 0 radical (unpaired) electrons. The van der Waals surface area contributed by atoms with Crippen LogP contribution in [-0.2, 0) is 4.74 Å². The molecule has 1 saturated heterocycles. The van der Waals surface area contributed by atoms with Gasteiger partial charge < -0.3 is 14.4 Å². The Bertz CT molecular complexity index is 559. The van der Waals surface area contributed by atoms with Crippen molar-refractivity contribution < 1.29 is 14.4 Å². The molecule has 1 unspecified atom stereocenters. The fourth-order valence-electron chi connectivity index (χ4n) is 2.08. The Morgan fingerprint density at radius 2 is 2.28 bits per heavy atom. The summed E-state index contributed by atoms with van der Waals surface area (Å²) < 4.78 is 10.7. The molecule has 18 heavy (non-hydrogen) atoms. The van der Waals surface area contributed by atoms with Crippen molar-refractivity contribution in [1.82, 2.24) is 10.1 Å². The minimum absolute atomic E-state index is 0.0740. The van der Waals surface area contributed by atoms with E-state index in [-0.39, 0.29) is 11.9 Å². The number of aryl methyl sites for hydroxylation is 1. The summed E-state index contributed by atoms with van der Waals surface area (Å²) in [5.41, 5.74) is 1.53. The first-order valence-electron chi connectivity index (χ1n) is 5.99. The Morgan fingerprint density at radius 3 is 3.00 bits per heavy atom. The Kier molecular flexibility index (Phi) is 2.76. The van der Waals surface area contributed by atoms with Crippen LogP contribution in [0.15, 0.2) is 22.7 Å². The number of ether oxygens (including phenoxy) is 1. The maximum Gasteiger partial charge on any atom is 0.261 e. The lowest BCUT2D eigenvalue weighted by Gasteiger charge is -2.01. The fourth-order valence-corrected chi connectivity index (χ4v) is 2.08. The average Bonchev–Trinajstić information content (AvgIpc) is 2.99. The minimum atomic E-state index is -0.0740. The highest BCUT2D eigenvalue weighted by Gasteiger charge is 2.24. The van der Waals surface area contributed by atoms with Gasteiger partial charge in [0, 0.05) is 6.61 Å². The minimum Gasteiger partial charge on any atom is -0.507 e. The van der Waals surface area contributed by atoms with E-state index in [4.69, 9.17) is 9.26 Å². The van der Waals surface area contributed by atoms with Gasteiger partial charge in [-0.3, -0.25) is 0 Å². The number of phenolic OH excluding ortho intramolecular Hbond substituents is 1. The summed E-state index contributed by atoms with van der Waals surface area (Å²) in [5.74, 6) is 1.04. The molecule has 1 aliphatic heterocycles. The molecule has 1 atom stereocenters. The second kappa shape index (κ2) is 4.42. The summed E-state index contributed by atoms with van der Waals surface area (Å²) in [6.45, 7) is 2.65. The van der Waals surface area contributed by atoms with Crippen LogP contribution in [0.25, 0.3) is 11.5 Å². The quantitative estimate of drug-likeness (QED) is 0.882. The zero-order valence-electron chi connectivity index (χ0n) is 10.1. The number of aromatic nitrogens is 2. The van der Waals surface area contributed by atoms with Gasteiger partial charge in [0.05, 0.1) is 5.56 Å². The predicted molar refractivity (Wildman–Crippen MR) is 64.1 cm³/mol. The Morgan fingerprint density at radius 1 is 1.39 bits per heavy atom. The number of hydrogen-bond donors (Lipinski definition) is 1. The first-order valence-corrected chi connectivity index (χ1v) is 5.99. The van der Waals surface area contributed by atoms with E-state index in [1.165, 1.54) is 0 Å². The second-order valence-electron chi connectivity index (χ2n) is 4.48. The number of aromatic hydroxyl groups is 1. The lowest BCUT2D eigenvalue weighted by atomic mass is 10.1. The highest BCUT2D eigenvalue weighted by molar-refractivity contribution is 5.62. The van der Waals surface area contributed by atoms with Gasteiger partial charge in [-0.1, -0.05) is 11.2 Å².